The van der Waals surface area contributed by atoms with E-state index in [1.165, 1.54) is 0 Å². The maximum Gasteiger partial charge on any atom is 0.227 e. The number of nitrogens with zero attached hydrogens (tertiary/aromatic N) is 4. The summed E-state index contributed by atoms with van der Waals surface area (Å²) in [5.74, 6) is 1.64. The molecule has 0 spiro atoms. The van der Waals surface area contributed by atoms with Crippen LogP contribution in [0, 0.1) is 5.92 Å². The van der Waals surface area contributed by atoms with E-state index in [-0.39, 0.29) is 11.8 Å². The molecule has 1 atom stereocenters. The molecule has 0 aromatic carbocycles. The van der Waals surface area contributed by atoms with Crippen LogP contribution in [0.2, 0.25) is 0 Å². The molecule has 6 heteroatoms. The van der Waals surface area contributed by atoms with Gasteiger partial charge in [-0.2, -0.15) is 0 Å². The van der Waals surface area contributed by atoms with Crippen LogP contribution in [0.1, 0.15) is 43.3 Å². The lowest BCUT2D eigenvalue weighted by atomic mass is 9.96. The van der Waals surface area contributed by atoms with Gasteiger partial charge in [0, 0.05) is 37.6 Å². The fourth-order valence-electron chi connectivity index (χ4n) is 3.22. The molecule has 1 saturated heterocycles. The van der Waals surface area contributed by atoms with Crippen LogP contribution in [-0.4, -0.2) is 40.9 Å². The third-order valence-corrected chi connectivity index (χ3v) is 5.78. The second-order valence-electron chi connectivity index (χ2n) is 7.00. The zero-order chi connectivity index (χ0) is 17.8. The van der Waals surface area contributed by atoms with Gasteiger partial charge >= 0.3 is 0 Å². The van der Waals surface area contributed by atoms with Crippen LogP contribution >= 0.6 is 11.3 Å². The van der Waals surface area contributed by atoms with Crippen LogP contribution in [-0.2, 0) is 11.3 Å². The summed E-state index contributed by atoms with van der Waals surface area (Å²) in [5.41, 5.74) is 0.988. The number of aromatic nitrogens is 2. The molecule has 0 unspecified atom stereocenters. The van der Waals surface area contributed by atoms with Crippen LogP contribution < -0.4 is 4.90 Å². The Kier molecular flexibility index (Phi) is 5.68. The first-order chi connectivity index (χ1) is 12.0. The van der Waals surface area contributed by atoms with E-state index >= 15 is 0 Å². The van der Waals surface area contributed by atoms with Crippen molar-refractivity contribution >= 4 is 23.1 Å². The highest BCUT2D eigenvalue weighted by Gasteiger charge is 2.28. The Hall–Kier alpha value is -1.95. The molecule has 1 fully saturated rings. The lowest BCUT2D eigenvalue weighted by molar-refractivity contribution is -0.135. The normalized spacial score (nSPS) is 17.8. The summed E-state index contributed by atoms with van der Waals surface area (Å²) in [4.78, 5) is 26.0. The molecule has 5 nitrogen and oxygen atoms in total. The molecule has 0 saturated carbocycles. The Labute approximate surface area is 153 Å². The number of amides is 1. The van der Waals surface area contributed by atoms with Crippen molar-refractivity contribution in [3.8, 4) is 0 Å². The maximum atomic E-state index is 12.9. The lowest BCUT2D eigenvalue weighted by Gasteiger charge is -2.34. The molecule has 1 amide bonds. The van der Waals surface area contributed by atoms with Crippen molar-refractivity contribution in [3.63, 3.8) is 0 Å². The quantitative estimate of drug-likeness (QED) is 0.820. The van der Waals surface area contributed by atoms with Crippen LogP contribution in [0.3, 0.4) is 0 Å². The molecule has 0 N–H and O–H groups in total. The van der Waals surface area contributed by atoms with Gasteiger partial charge in [0.1, 0.15) is 5.82 Å². The molecular weight excluding hydrogens is 332 g/mol. The highest BCUT2D eigenvalue weighted by atomic mass is 32.1. The molecule has 3 heterocycles. The van der Waals surface area contributed by atoms with Crippen molar-refractivity contribution in [1.82, 2.24) is 14.9 Å². The Morgan fingerprint density at radius 1 is 1.44 bits per heavy atom. The first-order valence-corrected chi connectivity index (χ1v) is 9.78. The molecule has 0 aliphatic carbocycles. The molecule has 1 aliphatic heterocycles. The first-order valence-electron chi connectivity index (χ1n) is 8.90. The van der Waals surface area contributed by atoms with Crippen molar-refractivity contribution in [1.29, 1.82) is 0 Å². The Bertz CT molecular complexity index is 700. The van der Waals surface area contributed by atoms with Crippen LogP contribution in [0.5, 0.6) is 0 Å². The Balaban J connectivity index is 1.61. The number of thiazole rings is 1. The number of hydrogen-bond donors (Lipinski definition) is 0. The van der Waals surface area contributed by atoms with Gasteiger partial charge in [0.05, 0.1) is 23.2 Å². The number of rotatable bonds is 5. The molecule has 0 bridgehead atoms. The topological polar surface area (TPSA) is 49.3 Å². The van der Waals surface area contributed by atoms with E-state index in [0.29, 0.717) is 12.5 Å². The monoisotopic (exact) mass is 358 g/mol. The van der Waals surface area contributed by atoms with Gasteiger partial charge in [-0.15, -0.1) is 11.3 Å². The Morgan fingerprint density at radius 2 is 2.28 bits per heavy atom. The van der Waals surface area contributed by atoms with Gasteiger partial charge in [-0.05, 0) is 25.0 Å². The van der Waals surface area contributed by atoms with E-state index in [2.05, 4.69) is 34.1 Å². The zero-order valence-corrected chi connectivity index (χ0v) is 16.0. The SMILES string of the molecule is CC(C)c1nc(CN(C)C(=O)[C@@H]2CCCN(c3ccccn3)C2)cs1. The van der Waals surface area contributed by atoms with Gasteiger partial charge in [-0.3, -0.25) is 4.79 Å². The van der Waals surface area contributed by atoms with Crippen molar-refractivity contribution < 1.29 is 4.79 Å². The van der Waals surface area contributed by atoms with Gasteiger partial charge in [-0.25, -0.2) is 9.97 Å². The zero-order valence-electron chi connectivity index (χ0n) is 15.2. The molecule has 2 aromatic heterocycles. The van der Waals surface area contributed by atoms with E-state index in [4.69, 9.17) is 0 Å². The number of carbonyl (C=O) groups is 1. The molecule has 0 radical (unpaired) electrons. The van der Waals surface area contributed by atoms with Crippen LogP contribution in [0.25, 0.3) is 0 Å². The molecule has 134 valence electrons. The number of hydrogen-bond acceptors (Lipinski definition) is 5. The Morgan fingerprint density at radius 3 is 2.96 bits per heavy atom. The predicted octanol–water partition coefficient (Wildman–Crippen LogP) is 3.54. The summed E-state index contributed by atoms with van der Waals surface area (Å²) in [5, 5.41) is 3.20. The summed E-state index contributed by atoms with van der Waals surface area (Å²) < 4.78 is 0. The molecule has 2 aromatic rings. The van der Waals surface area contributed by atoms with Gasteiger partial charge < -0.3 is 9.80 Å². The van der Waals surface area contributed by atoms with E-state index in [1.54, 1.807) is 17.5 Å². The second kappa shape index (κ2) is 7.95. The highest BCUT2D eigenvalue weighted by Crippen LogP contribution is 2.24. The standard InChI is InChI=1S/C19H26N4OS/c1-14(2)18-21-16(13-25-18)12-22(3)19(24)15-7-6-10-23(11-15)17-8-4-5-9-20-17/h4-5,8-9,13-15H,6-7,10-12H2,1-3H3/t15-/m1/s1. The largest absolute Gasteiger partial charge is 0.356 e. The van der Waals surface area contributed by atoms with Crippen molar-refractivity contribution in [3.05, 3.63) is 40.5 Å². The van der Waals surface area contributed by atoms with Crippen molar-refractivity contribution in [2.24, 2.45) is 5.92 Å². The average molecular weight is 359 g/mol. The van der Waals surface area contributed by atoms with Crippen LogP contribution in [0.4, 0.5) is 5.82 Å². The van der Waals surface area contributed by atoms with E-state index in [0.717, 1.165) is 42.5 Å². The smallest absolute Gasteiger partial charge is 0.227 e. The van der Waals surface area contributed by atoms with Crippen molar-refractivity contribution in [2.75, 3.05) is 25.0 Å². The van der Waals surface area contributed by atoms with E-state index < -0.39 is 0 Å². The maximum absolute atomic E-state index is 12.9. The number of carbonyl (C=O) groups excluding carboxylic acids is 1. The second-order valence-corrected chi connectivity index (χ2v) is 7.89. The summed E-state index contributed by atoms with van der Waals surface area (Å²) in [7, 11) is 1.89. The predicted molar refractivity (Wildman–Crippen MR) is 102 cm³/mol. The molecular formula is C19H26N4OS. The minimum atomic E-state index is 0.0314. The van der Waals surface area contributed by atoms with E-state index in [1.807, 2.05) is 30.1 Å². The molecule has 25 heavy (non-hydrogen) atoms. The number of anilines is 1. The van der Waals surface area contributed by atoms with Crippen LogP contribution in [0.15, 0.2) is 29.8 Å². The fourth-order valence-corrected chi connectivity index (χ4v) is 4.05. The summed E-state index contributed by atoms with van der Waals surface area (Å²) in [6, 6.07) is 5.93. The highest BCUT2D eigenvalue weighted by molar-refractivity contribution is 7.09. The minimum absolute atomic E-state index is 0.0314. The van der Waals surface area contributed by atoms with Gasteiger partial charge in [0.2, 0.25) is 5.91 Å². The summed E-state index contributed by atoms with van der Waals surface area (Å²) >= 11 is 1.68. The van der Waals surface area contributed by atoms with E-state index in [9.17, 15) is 4.79 Å². The lowest BCUT2D eigenvalue weighted by Crippen LogP contribution is -2.43. The summed E-state index contributed by atoms with van der Waals surface area (Å²) in [6.07, 6.45) is 3.78. The fraction of sp³-hybridized carbons (Fsp3) is 0.526. The first kappa shape index (κ1) is 17.9. The van der Waals surface area contributed by atoms with Gasteiger partial charge in [0.25, 0.3) is 0 Å². The van der Waals surface area contributed by atoms with Crippen molar-refractivity contribution in [2.45, 2.75) is 39.2 Å². The number of piperidine rings is 1. The van der Waals surface area contributed by atoms with Gasteiger partial charge in [-0.1, -0.05) is 19.9 Å². The average Bonchev–Trinajstić information content (AvgIpc) is 3.11. The summed E-state index contributed by atoms with van der Waals surface area (Å²) in [6.45, 7) is 6.59. The number of pyridine rings is 1. The molecule has 1 aliphatic rings. The minimum Gasteiger partial charge on any atom is -0.356 e. The van der Waals surface area contributed by atoms with Gasteiger partial charge in [0.15, 0.2) is 0 Å². The molecule has 3 rings (SSSR count). The third-order valence-electron chi connectivity index (χ3n) is 4.58. The third kappa shape index (κ3) is 4.37.